The van der Waals surface area contributed by atoms with Crippen molar-refractivity contribution in [3.05, 3.63) is 59.4 Å². The van der Waals surface area contributed by atoms with Crippen LogP contribution in [0.2, 0.25) is 0 Å². The van der Waals surface area contributed by atoms with Crippen LogP contribution in [0.4, 0.5) is 10.1 Å². The van der Waals surface area contributed by atoms with Gasteiger partial charge in [-0.2, -0.15) is 4.58 Å². The van der Waals surface area contributed by atoms with Crippen LogP contribution < -0.4 is 4.74 Å². The van der Waals surface area contributed by atoms with E-state index < -0.39 is 0 Å². The minimum atomic E-state index is -0.220. The fourth-order valence-electron chi connectivity index (χ4n) is 2.42. The van der Waals surface area contributed by atoms with Crippen molar-refractivity contribution < 1.29 is 13.7 Å². The van der Waals surface area contributed by atoms with Crippen LogP contribution in [0, 0.1) is 5.82 Å². The average molecular weight is 270 g/mol. The molecule has 0 saturated heterocycles. The highest BCUT2D eigenvalue weighted by molar-refractivity contribution is 5.77. The summed E-state index contributed by atoms with van der Waals surface area (Å²) in [6.07, 6.45) is 1.98. The number of fused-ring (bicyclic) bond motifs is 1. The molecule has 0 fully saturated rings. The standard InChI is InChI=1S/C17H17FNO/c1-12(2)15-4-3-5-16-17(15)20-11-19(16)10-13-6-8-14(18)9-7-13/h3-10,12H,11H2,1-2H3/q+1/b19-10-. The molecule has 0 aromatic heterocycles. The lowest BCUT2D eigenvalue weighted by molar-refractivity contribution is -0.452. The molecule has 0 spiro atoms. The lowest BCUT2D eigenvalue weighted by Gasteiger charge is -2.06. The van der Waals surface area contributed by atoms with Crippen molar-refractivity contribution >= 4 is 11.9 Å². The van der Waals surface area contributed by atoms with Gasteiger partial charge in [-0.1, -0.05) is 26.0 Å². The largest absolute Gasteiger partial charge is 0.429 e. The van der Waals surface area contributed by atoms with Gasteiger partial charge in [0.1, 0.15) is 5.82 Å². The van der Waals surface area contributed by atoms with Gasteiger partial charge >= 0.3 is 0 Å². The zero-order chi connectivity index (χ0) is 14.1. The highest BCUT2D eigenvalue weighted by atomic mass is 19.1. The van der Waals surface area contributed by atoms with Crippen LogP contribution >= 0.6 is 0 Å². The molecule has 3 rings (SSSR count). The Hall–Kier alpha value is -2.16. The van der Waals surface area contributed by atoms with E-state index in [1.54, 1.807) is 12.1 Å². The molecular weight excluding hydrogens is 253 g/mol. The Bertz CT molecular complexity index is 659. The number of benzene rings is 2. The van der Waals surface area contributed by atoms with Crippen LogP contribution in [-0.4, -0.2) is 17.5 Å². The van der Waals surface area contributed by atoms with Gasteiger partial charge in [0.2, 0.25) is 5.75 Å². The van der Waals surface area contributed by atoms with Gasteiger partial charge in [0.25, 0.3) is 12.4 Å². The van der Waals surface area contributed by atoms with Crippen LogP contribution in [-0.2, 0) is 0 Å². The molecule has 1 aliphatic heterocycles. The molecule has 1 aliphatic rings. The van der Waals surface area contributed by atoms with Crippen molar-refractivity contribution in [2.24, 2.45) is 0 Å². The number of ether oxygens (including phenoxy) is 1. The van der Waals surface area contributed by atoms with E-state index in [2.05, 4.69) is 24.5 Å². The third kappa shape index (κ3) is 2.31. The van der Waals surface area contributed by atoms with Crippen molar-refractivity contribution in [2.75, 3.05) is 6.73 Å². The Labute approximate surface area is 118 Å². The second-order valence-electron chi connectivity index (χ2n) is 5.27. The molecule has 0 aliphatic carbocycles. The van der Waals surface area contributed by atoms with Crippen molar-refractivity contribution in [1.29, 1.82) is 0 Å². The fourth-order valence-corrected chi connectivity index (χ4v) is 2.42. The van der Waals surface area contributed by atoms with Crippen molar-refractivity contribution in [2.45, 2.75) is 19.8 Å². The highest BCUT2D eigenvalue weighted by Gasteiger charge is 2.28. The minimum Gasteiger partial charge on any atom is -0.429 e. The summed E-state index contributed by atoms with van der Waals surface area (Å²) in [6, 6.07) is 12.7. The van der Waals surface area contributed by atoms with Crippen LogP contribution in [0.25, 0.3) is 0 Å². The second kappa shape index (κ2) is 5.08. The summed E-state index contributed by atoms with van der Waals surface area (Å²) in [5.74, 6) is 1.17. The second-order valence-corrected chi connectivity index (χ2v) is 5.27. The predicted octanol–water partition coefficient (Wildman–Crippen LogP) is 4.06. The molecule has 1 heterocycles. The Kier molecular flexibility index (Phi) is 3.26. The summed E-state index contributed by atoms with van der Waals surface area (Å²) >= 11 is 0. The first-order chi connectivity index (χ1) is 9.65. The molecular formula is C17H17FNO+. The molecule has 0 unspecified atom stereocenters. The topological polar surface area (TPSA) is 12.2 Å². The molecule has 0 bridgehead atoms. The maximum Gasteiger partial charge on any atom is 0.293 e. The molecule has 2 nitrogen and oxygen atoms in total. The van der Waals surface area contributed by atoms with E-state index in [4.69, 9.17) is 4.74 Å². The Morgan fingerprint density at radius 3 is 2.60 bits per heavy atom. The van der Waals surface area contributed by atoms with Crippen molar-refractivity contribution in [3.63, 3.8) is 0 Å². The molecule has 2 aromatic carbocycles. The normalized spacial score (nSPS) is 15.5. The van der Waals surface area contributed by atoms with Crippen LogP contribution in [0.5, 0.6) is 5.75 Å². The van der Waals surface area contributed by atoms with Crippen LogP contribution in [0.3, 0.4) is 0 Å². The summed E-state index contributed by atoms with van der Waals surface area (Å²) in [6.45, 7) is 4.81. The maximum atomic E-state index is 12.9. The van der Waals surface area contributed by atoms with Crippen molar-refractivity contribution in [3.8, 4) is 5.75 Å². The molecule has 3 heteroatoms. The number of rotatable bonds is 2. The van der Waals surface area contributed by atoms with Gasteiger partial charge < -0.3 is 4.74 Å². The Balaban J connectivity index is 2.01. The first-order valence-electron chi connectivity index (χ1n) is 6.78. The summed E-state index contributed by atoms with van der Waals surface area (Å²) in [7, 11) is 0. The summed E-state index contributed by atoms with van der Waals surface area (Å²) in [4.78, 5) is 0. The molecule has 0 saturated carbocycles. The van der Waals surface area contributed by atoms with Gasteiger partial charge in [-0.25, -0.2) is 4.39 Å². The van der Waals surface area contributed by atoms with Crippen LogP contribution in [0.15, 0.2) is 42.5 Å². The molecule has 2 aromatic rings. The molecule has 0 amide bonds. The van der Waals surface area contributed by atoms with Gasteiger partial charge in [-0.15, -0.1) is 0 Å². The average Bonchev–Trinajstić information content (AvgIpc) is 2.84. The van der Waals surface area contributed by atoms with Gasteiger partial charge in [0.15, 0.2) is 6.21 Å². The number of hydrogen-bond acceptors (Lipinski definition) is 1. The lowest BCUT2D eigenvalue weighted by Crippen LogP contribution is -2.06. The van der Waals surface area contributed by atoms with Gasteiger partial charge in [0.05, 0.1) is 0 Å². The number of nitrogens with zero attached hydrogens (tertiary/aromatic N) is 1. The number of hydrogen-bond donors (Lipinski definition) is 0. The zero-order valence-corrected chi connectivity index (χ0v) is 11.6. The van der Waals surface area contributed by atoms with Crippen LogP contribution in [0.1, 0.15) is 30.9 Å². The third-order valence-corrected chi connectivity index (χ3v) is 3.48. The van der Waals surface area contributed by atoms with E-state index in [9.17, 15) is 4.39 Å². The SMILES string of the molecule is CC(C)c1cccc2c1OC/[N+]2=C/c1ccc(F)cc1. The van der Waals surface area contributed by atoms with E-state index in [0.717, 1.165) is 17.0 Å². The fraction of sp³-hybridized carbons (Fsp3) is 0.235. The summed E-state index contributed by atoms with van der Waals surface area (Å²) in [5.41, 5.74) is 3.25. The van der Waals surface area contributed by atoms with E-state index in [1.165, 1.54) is 17.7 Å². The van der Waals surface area contributed by atoms with Crippen molar-refractivity contribution in [1.82, 2.24) is 0 Å². The number of para-hydroxylation sites is 1. The third-order valence-electron chi connectivity index (χ3n) is 3.48. The number of halogens is 1. The molecule has 102 valence electrons. The lowest BCUT2D eigenvalue weighted by atomic mass is 10.0. The minimum absolute atomic E-state index is 0.220. The van der Waals surface area contributed by atoms with E-state index in [1.807, 2.05) is 18.3 Å². The quantitative estimate of drug-likeness (QED) is 0.749. The Morgan fingerprint density at radius 2 is 1.90 bits per heavy atom. The first-order valence-corrected chi connectivity index (χ1v) is 6.78. The molecule has 20 heavy (non-hydrogen) atoms. The molecule has 0 radical (unpaired) electrons. The monoisotopic (exact) mass is 270 g/mol. The van der Waals surface area contributed by atoms with Gasteiger partial charge in [0, 0.05) is 17.2 Å². The highest BCUT2D eigenvalue weighted by Crippen LogP contribution is 2.39. The predicted molar refractivity (Wildman–Crippen MR) is 77.5 cm³/mol. The van der Waals surface area contributed by atoms with E-state index in [-0.39, 0.29) is 5.82 Å². The maximum absolute atomic E-state index is 12.9. The van der Waals surface area contributed by atoms with Gasteiger partial charge in [-0.05, 0) is 30.2 Å². The van der Waals surface area contributed by atoms with E-state index >= 15 is 0 Å². The molecule has 0 atom stereocenters. The zero-order valence-electron chi connectivity index (χ0n) is 11.6. The Morgan fingerprint density at radius 1 is 1.15 bits per heavy atom. The first kappa shape index (κ1) is 12.9. The summed E-state index contributed by atoms with van der Waals surface area (Å²) in [5, 5.41) is 0. The van der Waals surface area contributed by atoms with E-state index in [0.29, 0.717) is 12.6 Å². The summed E-state index contributed by atoms with van der Waals surface area (Å²) < 4.78 is 20.8. The molecule has 0 N–H and O–H groups in total. The van der Waals surface area contributed by atoms with Gasteiger partial charge in [-0.3, -0.25) is 0 Å². The smallest absolute Gasteiger partial charge is 0.293 e.